The van der Waals surface area contributed by atoms with Crippen LogP contribution in [0.25, 0.3) is 0 Å². The second-order valence-electron chi connectivity index (χ2n) is 0.717. The predicted molar refractivity (Wildman–Crippen MR) is 36.9 cm³/mol. The first-order chi connectivity index (χ1) is 3.31. The van der Waals surface area contributed by atoms with Crippen LogP contribution in [-0.4, -0.2) is 11.4 Å². The Morgan fingerprint density at radius 1 is 1.71 bits per heavy atom. The van der Waals surface area contributed by atoms with Gasteiger partial charge in [-0.05, 0) is 17.0 Å². The zero-order valence-electron chi connectivity index (χ0n) is 3.92. The number of nitrogens with zero attached hydrogens (tertiary/aromatic N) is 1. The Bertz CT molecular complexity index is 71.3. The summed E-state index contributed by atoms with van der Waals surface area (Å²) in [5.74, 6) is 4.79. The average molecular weight is 137 g/mol. The maximum Gasteiger partial charge on any atom is 0.188 e. The van der Waals surface area contributed by atoms with E-state index in [1.54, 1.807) is 0 Å². The topological polar surface area (TPSA) is 64.4 Å². The van der Waals surface area contributed by atoms with Crippen molar-refractivity contribution in [3.8, 4) is 0 Å². The lowest BCUT2D eigenvalue weighted by atomic mass is 11.4. The van der Waals surface area contributed by atoms with Crippen LogP contribution in [0.4, 0.5) is 0 Å². The van der Waals surface area contributed by atoms with Crippen molar-refractivity contribution in [3.05, 3.63) is 0 Å². The molecule has 7 heavy (non-hydrogen) atoms. The smallest absolute Gasteiger partial charge is 0.188 e. The molecule has 0 aliphatic rings. The van der Waals surface area contributed by atoms with Gasteiger partial charge in [-0.15, -0.1) is 0 Å². The van der Waals surface area contributed by atoms with Gasteiger partial charge in [0.25, 0.3) is 0 Å². The first-order valence-corrected chi connectivity index (χ1v) is 4.11. The molecule has 0 spiro atoms. The van der Waals surface area contributed by atoms with E-state index in [1.165, 1.54) is 21.6 Å². The van der Waals surface area contributed by atoms with E-state index in [-0.39, 0.29) is 0 Å². The molecule has 0 unspecified atom stereocenters. The van der Waals surface area contributed by atoms with E-state index < -0.39 is 0 Å². The summed E-state index contributed by atoms with van der Waals surface area (Å²) in [5.41, 5.74) is 5.15. The number of rotatable bonds is 1. The summed E-state index contributed by atoms with van der Waals surface area (Å²) in [6.07, 6.45) is 1.91. The lowest BCUT2D eigenvalue weighted by Crippen LogP contribution is -2.06. The van der Waals surface area contributed by atoms with Crippen LogP contribution in [0.2, 0.25) is 0 Å². The third kappa shape index (κ3) is 3.81. The quantitative estimate of drug-likeness (QED) is 0.178. The Balaban J connectivity index is 3.17. The molecule has 0 fully saturated rings. The van der Waals surface area contributed by atoms with Crippen molar-refractivity contribution in [1.82, 2.24) is 0 Å². The molecule has 0 atom stereocenters. The van der Waals surface area contributed by atoms with Gasteiger partial charge in [0.15, 0.2) is 5.17 Å². The lowest BCUT2D eigenvalue weighted by molar-refractivity contribution is 1.25. The summed E-state index contributed by atoms with van der Waals surface area (Å²) < 4.78 is 0. The molecule has 4 N–H and O–H groups in total. The molecule has 0 aromatic carbocycles. The summed E-state index contributed by atoms with van der Waals surface area (Å²) in [7, 11) is 2.87. The summed E-state index contributed by atoms with van der Waals surface area (Å²) in [4.78, 5) is 0. The van der Waals surface area contributed by atoms with Gasteiger partial charge in [0.2, 0.25) is 0 Å². The van der Waals surface area contributed by atoms with Crippen LogP contribution >= 0.6 is 21.6 Å². The molecule has 0 heterocycles. The van der Waals surface area contributed by atoms with Crippen LogP contribution in [0.3, 0.4) is 0 Å². The van der Waals surface area contributed by atoms with E-state index in [2.05, 4.69) is 5.10 Å². The van der Waals surface area contributed by atoms with Gasteiger partial charge < -0.3 is 11.6 Å². The summed E-state index contributed by atoms with van der Waals surface area (Å²) in [5, 5.41) is 3.62. The highest BCUT2D eigenvalue weighted by Gasteiger charge is 1.84. The molecule has 0 bridgehead atoms. The molecular formula is C2H7N3S2. The van der Waals surface area contributed by atoms with E-state index in [1.807, 2.05) is 6.26 Å². The maximum atomic E-state index is 5.15. The highest BCUT2D eigenvalue weighted by atomic mass is 33.1. The van der Waals surface area contributed by atoms with E-state index >= 15 is 0 Å². The first kappa shape index (κ1) is 6.97. The van der Waals surface area contributed by atoms with Crippen LogP contribution in [0.15, 0.2) is 5.10 Å². The number of hydrogen-bond acceptors (Lipinski definition) is 4. The highest BCUT2D eigenvalue weighted by molar-refractivity contribution is 8.82. The summed E-state index contributed by atoms with van der Waals surface area (Å²) >= 11 is 0. The zero-order chi connectivity index (χ0) is 5.70. The largest absolute Gasteiger partial charge is 0.376 e. The molecule has 0 aromatic rings. The zero-order valence-corrected chi connectivity index (χ0v) is 5.55. The van der Waals surface area contributed by atoms with Crippen LogP contribution in [-0.2, 0) is 0 Å². The van der Waals surface area contributed by atoms with Crippen molar-refractivity contribution in [2.45, 2.75) is 0 Å². The molecular weight excluding hydrogens is 130 g/mol. The maximum absolute atomic E-state index is 5.15. The average Bonchev–Trinajstić information content (AvgIpc) is 1.68. The monoisotopic (exact) mass is 137 g/mol. The Morgan fingerprint density at radius 2 is 2.29 bits per heavy atom. The van der Waals surface area contributed by atoms with Crippen LogP contribution in [0.1, 0.15) is 0 Å². The van der Waals surface area contributed by atoms with Crippen LogP contribution in [0.5, 0.6) is 0 Å². The van der Waals surface area contributed by atoms with Crippen molar-refractivity contribution >= 4 is 26.8 Å². The van der Waals surface area contributed by atoms with Gasteiger partial charge in [-0.25, -0.2) is 0 Å². The third-order valence-electron chi connectivity index (χ3n) is 0.296. The van der Waals surface area contributed by atoms with Gasteiger partial charge in [0.05, 0.1) is 0 Å². The lowest BCUT2D eigenvalue weighted by Gasteiger charge is -1.88. The molecule has 0 aliphatic heterocycles. The van der Waals surface area contributed by atoms with Gasteiger partial charge in [0.1, 0.15) is 0 Å². The first-order valence-electron chi connectivity index (χ1n) is 1.55. The van der Waals surface area contributed by atoms with Crippen molar-refractivity contribution in [3.63, 3.8) is 0 Å². The van der Waals surface area contributed by atoms with Gasteiger partial charge in [0, 0.05) is 0 Å². The Morgan fingerprint density at radius 3 is 2.43 bits per heavy atom. The molecule has 5 heteroatoms. The summed E-state index contributed by atoms with van der Waals surface area (Å²) in [6.45, 7) is 0. The third-order valence-corrected chi connectivity index (χ3v) is 1.75. The minimum Gasteiger partial charge on any atom is -0.376 e. The van der Waals surface area contributed by atoms with E-state index in [4.69, 9.17) is 11.6 Å². The van der Waals surface area contributed by atoms with Gasteiger partial charge >= 0.3 is 0 Å². The normalized spacial score (nSPS) is 11.9. The molecule has 3 nitrogen and oxygen atoms in total. The minimum absolute atomic E-state index is 0.410. The minimum atomic E-state index is 0.410. The molecule has 0 aromatic heterocycles. The van der Waals surface area contributed by atoms with Gasteiger partial charge in [-0.1, -0.05) is 10.8 Å². The van der Waals surface area contributed by atoms with Crippen LogP contribution in [0, 0.1) is 0 Å². The number of nitrogens with two attached hydrogens (primary N) is 2. The van der Waals surface area contributed by atoms with Crippen molar-refractivity contribution < 1.29 is 0 Å². The molecule has 0 rings (SSSR count). The standard InChI is InChI=1S/C2H7N3S2/c1-6-7-2(3)5-4/h4H2,1H3,(H2,3,5). The Kier molecular flexibility index (Phi) is 4.12. The Labute approximate surface area is 50.3 Å². The predicted octanol–water partition coefficient (Wildman–Crippen LogP) is 0.186. The fourth-order valence-corrected chi connectivity index (χ4v) is 0.962. The van der Waals surface area contributed by atoms with E-state index in [0.29, 0.717) is 5.17 Å². The Hall–Kier alpha value is -0.0300. The molecule has 0 amide bonds. The number of hydrazone groups is 1. The van der Waals surface area contributed by atoms with Crippen molar-refractivity contribution in [2.75, 3.05) is 6.26 Å². The van der Waals surface area contributed by atoms with E-state index in [0.717, 1.165) is 0 Å². The molecule has 42 valence electrons. The van der Waals surface area contributed by atoms with Gasteiger partial charge in [-0.2, -0.15) is 5.10 Å². The molecule has 0 radical (unpaired) electrons. The van der Waals surface area contributed by atoms with Crippen molar-refractivity contribution in [1.29, 1.82) is 0 Å². The molecule has 0 saturated heterocycles. The number of hydrogen-bond donors (Lipinski definition) is 2. The van der Waals surface area contributed by atoms with Crippen molar-refractivity contribution in [2.24, 2.45) is 16.7 Å². The van der Waals surface area contributed by atoms with Gasteiger partial charge in [-0.3, -0.25) is 0 Å². The van der Waals surface area contributed by atoms with Crippen LogP contribution < -0.4 is 11.6 Å². The fraction of sp³-hybridized carbons (Fsp3) is 0.500. The SMILES string of the molecule is CSSC(N)=NN. The van der Waals surface area contributed by atoms with E-state index in [9.17, 15) is 0 Å². The molecule has 0 saturated carbocycles. The second kappa shape index (κ2) is 4.14. The molecule has 0 aliphatic carbocycles. The second-order valence-corrected chi connectivity index (χ2v) is 3.14. The number of amidine groups is 1. The highest BCUT2D eigenvalue weighted by Crippen LogP contribution is 2.14. The summed E-state index contributed by atoms with van der Waals surface area (Å²) in [6, 6.07) is 0. The fourth-order valence-electron chi connectivity index (χ4n) is 0.107.